The van der Waals surface area contributed by atoms with Crippen molar-refractivity contribution in [3.05, 3.63) is 48.6 Å². The van der Waals surface area contributed by atoms with Gasteiger partial charge in [0.2, 0.25) is 0 Å². The first-order chi connectivity index (χ1) is 12.2. The SMILES string of the molecule is CCCCC/C=C\C/C=C\C/C=C\C/C=C\CCCC(=O)OC(C)C. The van der Waals surface area contributed by atoms with E-state index < -0.39 is 0 Å². The molecule has 2 heteroatoms. The molecule has 0 unspecified atom stereocenters. The summed E-state index contributed by atoms with van der Waals surface area (Å²) in [5, 5.41) is 0. The van der Waals surface area contributed by atoms with E-state index in [1.165, 1.54) is 25.7 Å². The van der Waals surface area contributed by atoms with Gasteiger partial charge in [0, 0.05) is 6.42 Å². The normalized spacial score (nSPS) is 12.5. The van der Waals surface area contributed by atoms with Gasteiger partial charge in [0.1, 0.15) is 0 Å². The number of carbonyl (C=O) groups excluding carboxylic acids is 1. The van der Waals surface area contributed by atoms with Gasteiger partial charge in [0.25, 0.3) is 0 Å². The molecule has 0 heterocycles. The Balaban J connectivity index is 3.47. The fraction of sp³-hybridized carbons (Fsp3) is 0.609. The maximum Gasteiger partial charge on any atom is 0.306 e. The smallest absolute Gasteiger partial charge is 0.306 e. The molecule has 0 N–H and O–H groups in total. The molecule has 0 aromatic heterocycles. The van der Waals surface area contributed by atoms with E-state index in [2.05, 4.69) is 55.5 Å². The summed E-state index contributed by atoms with van der Waals surface area (Å²) < 4.78 is 5.09. The highest BCUT2D eigenvalue weighted by Gasteiger charge is 2.03. The number of allylic oxidation sites excluding steroid dienone is 8. The Morgan fingerprint density at radius 2 is 1.24 bits per heavy atom. The minimum atomic E-state index is -0.0918. The van der Waals surface area contributed by atoms with E-state index in [4.69, 9.17) is 4.74 Å². The number of carbonyl (C=O) groups is 1. The lowest BCUT2D eigenvalue weighted by molar-refractivity contribution is -0.147. The maximum absolute atomic E-state index is 11.3. The molecule has 0 amide bonds. The van der Waals surface area contributed by atoms with Crippen LogP contribution >= 0.6 is 0 Å². The van der Waals surface area contributed by atoms with E-state index in [0.717, 1.165) is 32.1 Å². The average Bonchev–Trinajstić information content (AvgIpc) is 2.57. The fourth-order valence-electron chi connectivity index (χ4n) is 2.25. The highest BCUT2D eigenvalue weighted by atomic mass is 16.5. The summed E-state index contributed by atoms with van der Waals surface area (Å²) in [6.45, 7) is 6.00. The zero-order valence-electron chi connectivity index (χ0n) is 16.6. The highest BCUT2D eigenvalue weighted by Crippen LogP contribution is 2.03. The molecule has 25 heavy (non-hydrogen) atoms. The van der Waals surface area contributed by atoms with Crippen molar-refractivity contribution in [3.8, 4) is 0 Å². The number of esters is 1. The van der Waals surface area contributed by atoms with Crippen molar-refractivity contribution in [3.63, 3.8) is 0 Å². The van der Waals surface area contributed by atoms with Gasteiger partial charge in [-0.2, -0.15) is 0 Å². The first kappa shape index (κ1) is 23.4. The Kier molecular flexibility index (Phi) is 17.6. The van der Waals surface area contributed by atoms with Gasteiger partial charge in [-0.25, -0.2) is 0 Å². The van der Waals surface area contributed by atoms with E-state index in [1.807, 2.05) is 13.8 Å². The van der Waals surface area contributed by atoms with E-state index in [-0.39, 0.29) is 12.1 Å². The highest BCUT2D eigenvalue weighted by molar-refractivity contribution is 5.69. The zero-order valence-corrected chi connectivity index (χ0v) is 16.6. The zero-order chi connectivity index (χ0) is 18.6. The predicted molar refractivity (Wildman–Crippen MR) is 110 cm³/mol. The van der Waals surface area contributed by atoms with Crippen molar-refractivity contribution >= 4 is 5.97 Å². The summed E-state index contributed by atoms with van der Waals surface area (Å²) in [4.78, 5) is 11.3. The van der Waals surface area contributed by atoms with Crippen LogP contribution in [0.15, 0.2) is 48.6 Å². The van der Waals surface area contributed by atoms with Gasteiger partial charge in [0.15, 0.2) is 0 Å². The Morgan fingerprint density at radius 3 is 1.72 bits per heavy atom. The summed E-state index contributed by atoms with van der Waals surface area (Å²) in [6.07, 6.45) is 28.2. The van der Waals surface area contributed by atoms with Crippen LogP contribution in [-0.4, -0.2) is 12.1 Å². The minimum absolute atomic E-state index is 0.0101. The topological polar surface area (TPSA) is 26.3 Å². The number of ether oxygens (including phenoxy) is 1. The standard InChI is InChI=1S/C23H38O2/c1-4-5-6-7-8-9-10-11-12-13-14-15-16-17-18-19-20-21-23(24)25-22(2)3/h8-9,11-12,14-15,17-18,22H,4-7,10,13,16,19-21H2,1-3H3/b9-8-,12-11-,15-14-,18-17-. The molecule has 0 aromatic rings. The van der Waals surface area contributed by atoms with Crippen LogP contribution in [0.25, 0.3) is 0 Å². The lowest BCUT2D eigenvalue weighted by Gasteiger charge is -2.06. The molecule has 0 rings (SSSR count). The molecule has 2 nitrogen and oxygen atoms in total. The molecule has 0 aliphatic heterocycles. The molecule has 0 radical (unpaired) electrons. The molecule has 0 fully saturated rings. The van der Waals surface area contributed by atoms with Crippen molar-refractivity contribution in [1.82, 2.24) is 0 Å². The Morgan fingerprint density at radius 1 is 0.760 bits per heavy atom. The lowest BCUT2D eigenvalue weighted by Crippen LogP contribution is -2.10. The van der Waals surface area contributed by atoms with Gasteiger partial charge in [-0.15, -0.1) is 0 Å². The average molecular weight is 347 g/mol. The van der Waals surface area contributed by atoms with Gasteiger partial charge in [-0.1, -0.05) is 68.4 Å². The first-order valence-electron chi connectivity index (χ1n) is 9.96. The lowest BCUT2D eigenvalue weighted by atomic mass is 10.2. The summed E-state index contributed by atoms with van der Waals surface area (Å²) in [5.74, 6) is -0.0918. The van der Waals surface area contributed by atoms with Crippen LogP contribution in [0.3, 0.4) is 0 Å². The fourth-order valence-corrected chi connectivity index (χ4v) is 2.25. The van der Waals surface area contributed by atoms with Crippen LogP contribution in [0, 0.1) is 0 Å². The van der Waals surface area contributed by atoms with Gasteiger partial charge in [0.05, 0.1) is 6.10 Å². The Hall–Kier alpha value is -1.57. The third kappa shape index (κ3) is 20.4. The summed E-state index contributed by atoms with van der Waals surface area (Å²) >= 11 is 0. The molecule has 0 spiro atoms. The molecular formula is C23H38O2. The van der Waals surface area contributed by atoms with Crippen molar-refractivity contribution in [2.75, 3.05) is 0 Å². The predicted octanol–water partition coefficient (Wildman–Crippen LogP) is 7.08. The summed E-state index contributed by atoms with van der Waals surface area (Å²) in [7, 11) is 0. The van der Waals surface area contributed by atoms with E-state index in [9.17, 15) is 4.79 Å². The quantitative estimate of drug-likeness (QED) is 0.180. The number of hydrogen-bond donors (Lipinski definition) is 0. The minimum Gasteiger partial charge on any atom is -0.463 e. The van der Waals surface area contributed by atoms with Crippen molar-refractivity contribution < 1.29 is 9.53 Å². The van der Waals surface area contributed by atoms with Gasteiger partial charge < -0.3 is 4.74 Å². The van der Waals surface area contributed by atoms with E-state index >= 15 is 0 Å². The summed E-state index contributed by atoms with van der Waals surface area (Å²) in [6, 6.07) is 0. The van der Waals surface area contributed by atoms with Crippen LogP contribution in [0.1, 0.15) is 85.0 Å². The number of hydrogen-bond acceptors (Lipinski definition) is 2. The molecule has 0 atom stereocenters. The van der Waals surface area contributed by atoms with Gasteiger partial charge in [-0.3, -0.25) is 4.79 Å². The Labute approximate surface area is 155 Å². The van der Waals surface area contributed by atoms with E-state index in [1.54, 1.807) is 0 Å². The maximum atomic E-state index is 11.3. The van der Waals surface area contributed by atoms with Gasteiger partial charge >= 0.3 is 5.97 Å². The first-order valence-corrected chi connectivity index (χ1v) is 9.96. The number of unbranched alkanes of at least 4 members (excludes halogenated alkanes) is 4. The Bertz CT molecular complexity index is 414. The second-order valence-electron chi connectivity index (χ2n) is 6.52. The van der Waals surface area contributed by atoms with E-state index in [0.29, 0.717) is 6.42 Å². The van der Waals surface area contributed by atoms with Crippen LogP contribution in [0.5, 0.6) is 0 Å². The summed E-state index contributed by atoms with van der Waals surface area (Å²) in [5.41, 5.74) is 0. The molecule has 0 aliphatic rings. The largest absolute Gasteiger partial charge is 0.463 e. The molecular weight excluding hydrogens is 308 g/mol. The van der Waals surface area contributed by atoms with Crippen LogP contribution in [0.4, 0.5) is 0 Å². The molecule has 0 saturated carbocycles. The molecule has 0 bridgehead atoms. The second-order valence-corrected chi connectivity index (χ2v) is 6.52. The monoisotopic (exact) mass is 346 g/mol. The van der Waals surface area contributed by atoms with Crippen molar-refractivity contribution in [2.45, 2.75) is 91.1 Å². The third-order valence-corrected chi connectivity index (χ3v) is 3.58. The number of rotatable bonds is 15. The van der Waals surface area contributed by atoms with Crippen LogP contribution < -0.4 is 0 Å². The second kappa shape index (κ2) is 18.8. The molecule has 0 saturated heterocycles. The molecule has 0 aromatic carbocycles. The molecule has 0 aliphatic carbocycles. The van der Waals surface area contributed by atoms with Crippen LogP contribution in [-0.2, 0) is 9.53 Å². The molecule has 142 valence electrons. The van der Waals surface area contributed by atoms with Crippen molar-refractivity contribution in [1.29, 1.82) is 0 Å². The van der Waals surface area contributed by atoms with Gasteiger partial charge in [-0.05, 0) is 58.8 Å². The van der Waals surface area contributed by atoms with Crippen molar-refractivity contribution in [2.24, 2.45) is 0 Å². The van der Waals surface area contributed by atoms with Crippen LogP contribution in [0.2, 0.25) is 0 Å². The third-order valence-electron chi connectivity index (χ3n) is 3.58.